The molecule has 1 aliphatic rings. The largest absolute Gasteiger partial charge is 0.491 e. The summed E-state index contributed by atoms with van der Waals surface area (Å²) in [5, 5.41) is 12.5. The van der Waals surface area contributed by atoms with Crippen LogP contribution >= 0.6 is 11.3 Å². The highest BCUT2D eigenvalue weighted by molar-refractivity contribution is 7.10. The molecule has 3 atom stereocenters. The van der Waals surface area contributed by atoms with Gasteiger partial charge in [-0.3, -0.25) is 9.69 Å². The van der Waals surface area contributed by atoms with Gasteiger partial charge in [0.2, 0.25) is 5.91 Å². The molecule has 1 amide bonds. The van der Waals surface area contributed by atoms with Crippen molar-refractivity contribution in [2.45, 2.75) is 51.7 Å². The summed E-state index contributed by atoms with van der Waals surface area (Å²) < 4.78 is 19.5. The average Bonchev–Trinajstić information content (AvgIpc) is 3.30. The topological polar surface area (TPSA) is 53.0 Å². The van der Waals surface area contributed by atoms with E-state index in [1.54, 1.807) is 23.5 Å². The summed E-state index contributed by atoms with van der Waals surface area (Å²) in [4.78, 5) is 18.8. The summed E-state index contributed by atoms with van der Waals surface area (Å²) in [6.07, 6.45) is 4.54. The third-order valence-corrected chi connectivity index (χ3v) is 7.41. The number of rotatable bonds is 13. The second-order valence-corrected chi connectivity index (χ2v) is 10.1. The first-order valence-corrected chi connectivity index (χ1v) is 13.0. The number of halogens is 1. The first-order valence-electron chi connectivity index (χ1n) is 12.2. The first kappa shape index (κ1) is 26.4. The van der Waals surface area contributed by atoms with Gasteiger partial charge in [0.05, 0.1) is 18.7 Å². The fourth-order valence-electron chi connectivity index (χ4n) is 4.36. The Hall–Kier alpha value is -2.22. The first-order chi connectivity index (χ1) is 16.4. The Morgan fingerprint density at radius 2 is 2.24 bits per heavy atom. The van der Waals surface area contributed by atoms with Crippen molar-refractivity contribution in [3.05, 3.63) is 64.6 Å². The molecule has 3 unspecified atom stereocenters. The van der Waals surface area contributed by atoms with Gasteiger partial charge in [-0.2, -0.15) is 0 Å². The van der Waals surface area contributed by atoms with Crippen LogP contribution in [0.4, 0.5) is 4.39 Å². The van der Waals surface area contributed by atoms with Crippen molar-refractivity contribution >= 4 is 17.2 Å². The van der Waals surface area contributed by atoms with Gasteiger partial charge in [0.25, 0.3) is 0 Å². The lowest BCUT2D eigenvalue weighted by Crippen LogP contribution is -2.48. The molecule has 1 aromatic carbocycles. The zero-order valence-corrected chi connectivity index (χ0v) is 21.1. The number of aliphatic hydroxyl groups is 1. The molecule has 1 N–H and O–H groups in total. The van der Waals surface area contributed by atoms with Gasteiger partial charge in [0.15, 0.2) is 0 Å². The quantitative estimate of drug-likeness (QED) is 0.400. The lowest BCUT2D eigenvalue weighted by Gasteiger charge is -2.37. The molecular formula is C27H37FN2O3S. The zero-order valence-electron chi connectivity index (χ0n) is 20.3. The number of allylic oxidation sites excluding steroid dienone is 1. The molecule has 2 aromatic rings. The molecule has 3 rings (SSSR count). The number of amides is 1. The standard InChI is InChI=1S/C27H37FN2O3S/c1-4-6-9-22(31)17-29(16-20(3)5-2)18-27(32)30-13-11-26-24(12-14-34-26)25(30)19-33-23-10-7-8-21(28)15-23/h4,7-8,10,12,14-15,20,22,25,31H,1,5-6,9,11,13,16-19H2,2-3H3. The number of hydrogen-bond donors (Lipinski definition) is 1. The number of nitrogens with zero attached hydrogens (tertiary/aromatic N) is 2. The maximum absolute atomic E-state index is 13.6. The number of carbonyl (C=O) groups is 1. The van der Waals surface area contributed by atoms with Crippen molar-refractivity contribution in [3.8, 4) is 5.75 Å². The van der Waals surface area contributed by atoms with Crippen LogP contribution in [0.3, 0.4) is 0 Å². The molecule has 1 aromatic heterocycles. The number of carbonyl (C=O) groups excluding carboxylic acids is 1. The molecule has 7 heteroatoms. The Balaban J connectivity index is 1.72. The van der Waals surface area contributed by atoms with Crippen LogP contribution in [-0.2, 0) is 11.2 Å². The Morgan fingerprint density at radius 1 is 1.41 bits per heavy atom. The van der Waals surface area contributed by atoms with Crippen LogP contribution in [-0.4, -0.2) is 59.7 Å². The molecule has 0 saturated heterocycles. The highest BCUT2D eigenvalue weighted by Gasteiger charge is 2.33. The van der Waals surface area contributed by atoms with Crippen LogP contribution in [0, 0.1) is 11.7 Å². The van der Waals surface area contributed by atoms with Crippen LogP contribution < -0.4 is 4.74 Å². The fraction of sp³-hybridized carbons (Fsp3) is 0.519. The van der Waals surface area contributed by atoms with Crippen molar-refractivity contribution in [3.63, 3.8) is 0 Å². The second-order valence-electron chi connectivity index (χ2n) is 9.15. The van der Waals surface area contributed by atoms with Crippen molar-refractivity contribution in [2.24, 2.45) is 5.92 Å². The van der Waals surface area contributed by atoms with Gasteiger partial charge in [-0.15, -0.1) is 17.9 Å². The summed E-state index contributed by atoms with van der Waals surface area (Å²) in [5.41, 5.74) is 1.11. The maximum atomic E-state index is 13.6. The number of aliphatic hydroxyl groups excluding tert-OH is 1. The van der Waals surface area contributed by atoms with Crippen molar-refractivity contribution in [1.82, 2.24) is 9.80 Å². The van der Waals surface area contributed by atoms with Gasteiger partial charge in [-0.1, -0.05) is 32.4 Å². The van der Waals surface area contributed by atoms with Gasteiger partial charge >= 0.3 is 0 Å². The molecular weight excluding hydrogens is 451 g/mol. The summed E-state index contributed by atoms with van der Waals surface area (Å²) in [7, 11) is 0. The van der Waals surface area contributed by atoms with E-state index in [1.165, 1.54) is 17.0 Å². The van der Waals surface area contributed by atoms with Crippen LogP contribution in [0.2, 0.25) is 0 Å². The van der Waals surface area contributed by atoms with Crippen molar-refractivity contribution in [1.29, 1.82) is 0 Å². The lowest BCUT2D eigenvalue weighted by atomic mass is 10.00. The minimum Gasteiger partial charge on any atom is -0.491 e. The van der Waals surface area contributed by atoms with Crippen molar-refractivity contribution < 1.29 is 19.0 Å². The smallest absolute Gasteiger partial charge is 0.237 e. The predicted molar refractivity (Wildman–Crippen MR) is 136 cm³/mol. The van der Waals surface area contributed by atoms with Crippen LogP contribution in [0.25, 0.3) is 0 Å². The van der Waals surface area contributed by atoms with Crippen LogP contribution in [0.1, 0.15) is 49.6 Å². The minimum atomic E-state index is -0.494. The van der Waals surface area contributed by atoms with Gasteiger partial charge in [0, 0.05) is 30.6 Å². The predicted octanol–water partition coefficient (Wildman–Crippen LogP) is 5.07. The van der Waals surface area contributed by atoms with Crippen LogP contribution in [0.15, 0.2) is 48.4 Å². The van der Waals surface area contributed by atoms with E-state index in [-0.39, 0.29) is 30.9 Å². The summed E-state index contributed by atoms with van der Waals surface area (Å²) >= 11 is 1.70. The Bertz CT molecular complexity index is 934. The van der Waals surface area contributed by atoms with E-state index in [2.05, 4.69) is 36.8 Å². The third kappa shape index (κ3) is 7.39. The fourth-order valence-corrected chi connectivity index (χ4v) is 5.29. The number of hydrogen-bond acceptors (Lipinski definition) is 5. The van der Waals surface area contributed by atoms with E-state index in [0.717, 1.165) is 31.4 Å². The molecule has 0 aliphatic carbocycles. The molecule has 0 saturated carbocycles. The van der Waals surface area contributed by atoms with E-state index < -0.39 is 6.10 Å². The maximum Gasteiger partial charge on any atom is 0.237 e. The van der Waals surface area contributed by atoms with E-state index in [9.17, 15) is 14.3 Å². The van der Waals surface area contributed by atoms with E-state index >= 15 is 0 Å². The summed E-state index contributed by atoms with van der Waals surface area (Å²) in [6.45, 7) is 10.4. The summed E-state index contributed by atoms with van der Waals surface area (Å²) in [6, 6.07) is 7.94. The van der Waals surface area contributed by atoms with E-state index in [0.29, 0.717) is 31.2 Å². The second kappa shape index (κ2) is 13.0. The normalized spacial score (nSPS) is 17.3. The molecule has 34 heavy (non-hydrogen) atoms. The highest BCUT2D eigenvalue weighted by Crippen LogP contribution is 2.34. The molecule has 0 fully saturated rings. The van der Waals surface area contributed by atoms with E-state index in [1.807, 2.05) is 11.0 Å². The highest BCUT2D eigenvalue weighted by atomic mass is 32.1. The molecule has 5 nitrogen and oxygen atoms in total. The molecule has 186 valence electrons. The third-order valence-electron chi connectivity index (χ3n) is 6.42. The minimum absolute atomic E-state index is 0.0314. The average molecular weight is 489 g/mol. The van der Waals surface area contributed by atoms with Crippen molar-refractivity contribution in [2.75, 3.05) is 32.8 Å². The number of thiophene rings is 1. The lowest BCUT2D eigenvalue weighted by molar-refractivity contribution is -0.136. The van der Waals surface area contributed by atoms with Gasteiger partial charge in [0.1, 0.15) is 18.2 Å². The molecule has 0 radical (unpaired) electrons. The van der Waals surface area contributed by atoms with Crippen LogP contribution in [0.5, 0.6) is 5.75 Å². The monoisotopic (exact) mass is 488 g/mol. The van der Waals surface area contributed by atoms with Gasteiger partial charge in [-0.25, -0.2) is 4.39 Å². The molecule has 0 spiro atoms. The Morgan fingerprint density at radius 3 is 2.97 bits per heavy atom. The van der Waals surface area contributed by atoms with Gasteiger partial charge in [-0.05, 0) is 54.3 Å². The number of fused-ring (bicyclic) bond motifs is 1. The SMILES string of the molecule is C=CCCC(O)CN(CC(=O)N1CCc2sccc2C1COc1cccc(F)c1)CC(C)CC. The molecule has 2 heterocycles. The summed E-state index contributed by atoms with van der Waals surface area (Å²) in [5.74, 6) is 0.569. The molecule has 0 bridgehead atoms. The Kier molecular flexibility index (Phi) is 10.1. The zero-order chi connectivity index (χ0) is 24.5. The Labute approximate surface area is 206 Å². The van der Waals surface area contributed by atoms with E-state index in [4.69, 9.17) is 4.74 Å². The number of ether oxygens (including phenoxy) is 1. The number of benzene rings is 1. The van der Waals surface area contributed by atoms with Gasteiger partial charge < -0.3 is 14.7 Å². The molecule has 1 aliphatic heterocycles.